The third kappa shape index (κ3) is 7.26. The van der Waals surface area contributed by atoms with Crippen molar-refractivity contribution in [2.75, 3.05) is 7.05 Å². The highest BCUT2D eigenvalue weighted by Crippen LogP contribution is 2.19. The fourth-order valence-corrected chi connectivity index (χ4v) is 2.93. The number of hydrogen-bond acceptors (Lipinski definition) is 4. The standard InChI is InChI=1S/C25H32N4O2/c1-18-9-11-21(12-10-18)23-29-22(17-30-23)15-28-24(26-5)27-14-19-7-6-8-20(13-19)16-31-25(2,3)4/h6-13,17H,14-16H2,1-5H3,(H2,26,27,28). The maximum absolute atomic E-state index is 5.87. The van der Waals surface area contributed by atoms with Gasteiger partial charge in [-0.25, -0.2) is 4.98 Å². The molecule has 2 aromatic carbocycles. The minimum atomic E-state index is -0.152. The van der Waals surface area contributed by atoms with E-state index in [1.54, 1.807) is 13.3 Å². The molecule has 0 amide bonds. The maximum Gasteiger partial charge on any atom is 0.226 e. The zero-order valence-corrected chi connectivity index (χ0v) is 19.0. The second-order valence-corrected chi connectivity index (χ2v) is 8.51. The normalized spacial score (nSPS) is 12.1. The highest BCUT2D eigenvalue weighted by molar-refractivity contribution is 5.79. The number of hydrogen-bond donors (Lipinski definition) is 2. The van der Waals surface area contributed by atoms with Crippen LogP contribution in [0, 0.1) is 6.92 Å². The zero-order chi connectivity index (χ0) is 22.3. The third-order valence-corrected chi connectivity index (χ3v) is 4.63. The molecular formula is C25H32N4O2. The fourth-order valence-electron chi connectivity index (χ4n) is 2.93. The van der Waals surface area contributed by atoms with Gasteiger partial charge >= 0.3 is 0 Å². The maximum atomic E-state index is 5.87. The molecule has 0 atom stereocenters. The molecule has 6 heteroatoms. The number of benzene rings is 2. The van der Waals surface area contributed by atoms with E-state index in [9.17, 15) is 0 Å². The van der Waals surface area contributed by atoms with Crippen LogP contribution in [0.25, 0.3) is 11.5 Å². The molecule has 1 heterocycles. The second kappa shape index (κ2) is 10.3. The zero-order valence-electron chi connectivity index (χ0n) is 19.0. The van der Waals surface area contributed by atoms with Crippen molar-refractivity contribution in [1.82, 2.24) is 15.6 Å². The van der Waals surface area contributed by atoms with Gasteiger partial charge in [0, 0.05) is 19.2 Å². The van der Waals surface area contributed by atoms with Crippen LogP contribution in [0.2, 0.25) is 0 Å². The molecule has 6 nitrogen and oxygen atoms in total. The van der Waals surface area contributed by atoms with Gasteiger partial charge in [0.2, 0.25) is 5.89 Å². The molecule has 0 fully saturated rings. The molecule has 2 N–H and O–H groups in total. The summed E-state index contributed by atoms with van der Waals surface area (Å²) in [5.74, 6) is 1.32. The lowest BCUT2D eigenvalue weighted by Crippen LogP contribution is -2.36. The first kappa shape index (κ1) is 22.6. The molecule has 0 aliphatic carbocycles. The molecule has 0 radical (unpaired) electrons. The predicted octanol–water partition coefficient (Wildman–Crippen LogP) is 4.83. The topological polar surface area (TPSA) is 71.7 Å². The molecule has 31 heavy (non-hydrogen) atoms. The van der Waals surface area contributed by atoms with Gasteiger partial charge in [-0.1, -0.05) is 42.0 Å². The van der Waals surface area contributed by atoms with Crippen LogP contribution in [0.15, 0.2) is 64.2 Å². The summed E-state index contributed by atoms with van der Waals surface area (Å²) in [6.07, 6.45) is 1.67. The van der Waals surface area contributed by atoms with Gasteiger partial charge in [0.05, 0.1) is 24.4 Å². The van der Waals surface area contributed by atoms with E-state index in [0.29, 0.717) is 31.5 Å². The average molecular weight is 421 g/mol. The van der Waals surface area contributed by atoms with Crippen molar-refractivity contribution >= 4 is 5.96 Å². The van der Waals surface area contributed by atoms with Gasteiger partial charge in [-0.15, -0.1) is 0 Å². The van der Waals surface area contributed by atoms with Crippen LogP contribution in [0.3, 0.4) is 0 Å². The molecular weight excluding hydrogens is 388 g/mol. The first-order chi connectivity index (χ1) is 14.8. The van der Waals surface area contributed by atoms with Crippen molar-refractivity contribution in [3.63, 3.8) is 0 Å². The Bertz CT molecular complexity index is 1000. The molecule has 0 aliphatic heterocycles. The Hall–Kier alpha value is -3.12. The highest BCUT2D eigenvalue weighted by atomic mass is 16.5. The number of aryl methyl sites for hydroxylation is 1. The Morgan fingerprint density at radius 1 is 1.03 bits per heavy atom. The minimum Gasteiger partial charge on any atom is -0.444 e. The monoisotopic (exact) mass is 420 g/mol. The number of nitrogens with one attached hydrogen (secondary N) is 2. The summed E-state index contributed by atoms with van der Waals surface area (Å²) in [4.78, 5) is 8.86. The SMILES string of the molecule is CN=C(NCc1cccc(COC(C)(C)C)c1)NCc1coc(-c2ccc(C)cc2)n1. The first-order valence-corrected chi connectivity index (χ1v) is 10.5. The second-order valence-electron chi connectivity index (χ2n) is 8.51. The smallest absolute Gasteiger partial charge is 0.226 e. The predicted molar refractivity (Wildman–Crippen MR) is 125 cm³/mol. The van der Waals surface area contributed by atoms with E-state index in [1.165, 1.54) is 11.1 Å². The van der Waals surface area contributed by atoms with Crippen molar-refractivity contribution in [3.05, 3.63) is 77.2 Å². The minimum absolute atomic E-state index is 0.152. The molecule has 0 saturated carbocycles. The molecule has 3 aromatic rings. The van der Waals surface area contributed by atoms with Crippen LogP contribution in [0.1, 0.15) is 43.2 Å². The summed E-state index contributed by atoms with van der Waals surface area (Å²) in [6.45, 7) is 10.0. The van der Waals surface area contributed by atoms with Crippen molar-refractivity contribution in [2.24, 2.45) is 4.99 Å². The Morgan fingerprint density at radius 3 is 2.45 bits per heavy atom. The lowest BCUT2D eigenvalue weighted by atomic mass is 10.1. The van der Waals surface area contributed by atoms with Gasteiger partial charge in [-0.2, -0.15) is 0 Å². The number of guanidine groups is 1. The average Bonchev–Trinajstić information content (AvgIpc) is 3.22. The Kier molecular flexibility index (Phi) is 7.47. The number of oxazole rings is 1. The summed E-state index contributed by atoms with van der Waals surface area (Å²) in [5.41, 5.74) is 5.17. The van der Waals surface area contributed by atoms with Crippen molar-refractivity contribution in [3.8, 4) is 11.5 Å². The Labute approximate surface area is 184 Å². The Balaban J connectivity index is 1.51. The lowest BCUT2D eigenvalue weighted by molar-refractivity contribution is -0.0149. The molecule has 164 valence electrons. The van der Waals surface area contributed by atoms with E-state index in [4.69, 9.17) is 9.15 Å². The quantitative estimate of drug-likeness (QED) is 0.423. The van der Waals surface area contributed by atoms with Gasteiger partial charge in [-0.05, 0) is 51.0 Å². The van der Waals surface area contributed by atoms with Crippen LogP contribution in [-0.4, -0.2) is 23.6 Å². The number of aromatic nitrogens is 1. The van der Waals surface area contributed by atoms with Crippen LogP contribution in [-0.2, 0) is 24.4 Å². The van der Waals surface area contributed by atoms with Gasteiger partial charge in [-0.3, -0.25) is 4.99 Å². The summed E-state index contributed by atoms with van der Waals surface area (Å²) in [6, 6.07) is 16.5. The van der Waals surface area contributed by atoms with Crippen molar-refractivity contribution in [2.45, 2.75) is 53.0 Å². The number of nitrogens with zero attached hydrogens (tertiary/aromatic N) is 2. The number of rotatable bonds is 7. The highest BCUT2D eigenvalue weighted by Gasteiger charge is 2.10. The molecule has 0 aliphatic rings. The van der Waals surface area contributed by atoms with E-state index >= 15 is 0 Å². The molecule has 0 bridgehead atoms. The summed E-state index contributed by atoms with van der Waals surface area (Å²) < 4.78 is 11.5. The van der Waals surface area contributed by atoms with Gasteiger partial charge in [0.15, 0.2) is 5.96 Å². The van der Waals surface area contributed by atoms with Gasteiger partial charge in [0.1, 0.15) is 6.26 Å². The lowest BCUT2D eigenvalue weighted by Gasteiger charge is -2.19. The first-order valence-electron chi connectivity index (χ1n) is 10.5. The van der Waals surface area contributed by atoms with Crippen molar-refractivity contribution < 1.29 is 9.15 Å². The molecule has 0 spiro atoms. The van der Waals surface area contributed by atoms with E-state index in [2.05, 4.69) is 72.6 Å². The van der Waals surface area contributed by atoms with Crippen LogP contribution < -0.4 is 10.6 Å². The molecule has 0 unspecified atom stereocenters. The Morgan fingerprint density at radius 2 is 1.74 bits per heavy atom. The molecule has 3 rings (SSSR count). The third-order valence-electron chi connectivity index (χ3n) is 4.63. The molecule has 1 aromatic heterocycles. The summed E-state index contributed by atoms with van der Waals surface area (Å²) >= 11 is 0. The van der Waals surface area contributed by atoms with Crippen LogP contribution in [0.5, 0.6) is 0 Å². The van der Waals surface area contributed by atoms with Crippen LogP contribution in [0.4, 0.5) is 0 Å². The van der Waals surface area contributed by atoms with Gasteiger partial charge < -0.3 is 19.8 Å². The van der Waals surface area contributed by atoms with E-state index in [1.807, 2.05) is 24.3 Å². The fraction of sp³-hybridized carbons (Fsp3) is 0.360. The molecule has 0 saturated heterocycles. The van der Waals surface area contributed by atoms with E-state index in [-0.39, 0.29) is 5.60 Å². The van der Waals surface area contributed by atoms with E-state index < -0.39 is 0 Å². The largest absolute Gasteiger partial charge is 0.444 e. The van der Waals surface area contributed by atoms with Gasteiger partial charge in [0.25, 0.3) is 0 Å². The summed E-state index contributed by atoms with van der Waals surface area (Å²) in [7, 11) is 1.75. The number of aliphatic imine (C=N–C) groups is 1. The number of ether oxygens (including phenoxy) is 1. The summed E-state index contributed by atoms with van der Waals surface area (Å²) in [5, 5.41) is 6.62. The van der Waals surface area contributed by atoms with Crippen LogP contribution >= 0.6 is 0 Å². The van der Waals surface area contributed by atoms with E-state index in [0.717, 1.165) is 16.8 Å². The van der Waals surface area contributed by atoms with Crippen molar-refractivity contribution in [1.29, 1.82) is 0 Å².